The van der Waals surface area contributed by atoms with Crippen molar-refractivity contribution in [3.63, 3.8) is 0 Å². The minimum Gasteiger partial charge on any atom is -0.399 e. The molecule has 0 aliphatic heterocycles. The molecule has 0 saturated heterocycles. The second-order valence-electron chi connectivity index (χ2n) is 5.32. The lowest BCUT2D eigenvalue weighted by Gasteiger charge is -2.25. The van der Waals surface area contributed by atoms with E-state index in [1.807, 2.05) is 66.7 Å². The van der Waals surface area contributed by atoms with Crippen LogP contribution in [0.2, 0.25) is 0 Å². The van der Waals surface area contributed by atoms with Crippen LogP contribution in [0.25, 0.3) is 0 Å². The molecule has 0 unspecified atom stereocenters. The van der Waals surface area contributed by atoms with E-state index in [9.17, 15) is 0 Å². The maximum Gasteiger partial charge on any atom is 0.0991 e. The predicted molar refractivity (Wildman–Crippen MR) is 94.3 cm³/mol. The largest absolute Gasteiger partial charge is 0.399 e. The molecule has 0 aliphatic carbocycles. The van der Waals surface area contributed by atoms with Crippen molar-refractivity contribution in [2.45, 2.75) is 6.54 Å². The van der Waals surface area contributed by atoms with Crippen molar-refractivity contribution >= 4 is 17.1 Å². The average Bonchev–Trinajstić information content (AvgIpc) is 2.62. The quantitative estimate of drug-likeness (QED) is 0.723. The number of rotatable bonds is 4. The van der Waals surface area contributed by atoms with Crippen LogP contribution in [0.15, 0.2) is 78.9 Å². The number of nitrogens with two attached hydrogens (primary N) is 1. The molecule has 0 aliphatic rings. The summed E-state index contributed by atoms with van der Waals surface area (Å²) in [5, 5.41) is 8.97. The summed E-state index contributed by atoms with van der Waals surface area (Å²) in [5.41, 5.74) is 10.5. The number of anilines is 3. The number of nitrogens with zero attached hydrogens (tertiary/aromatic N) is 2. The molecule has 0 fully saturated rings. The number of hydrogen-bond acceptors (Lipinski definition) is 3. The summed E-state index contributed by atoms with van der Waals surface area (Å²) >= 11 is 0. The molecule has 0 bridgehead atoms. The van der Waals surface area contributed by atoms with E-state index in [1.54, 1.807) is 0 Å². The fourth-order valence-electron chi connectivity index (χ4n) is 2.46. The third-order valence-corrected chi connectivity index (χ3v) is 3.70. The van der Waals surface area contributed by atoms with E-state index in [-0.39, 0.29) is 0 Å². The van der Waals surface area contributed by atoms with Gasteiger partial charge in [-0.3, -0.25) is 0 Å². The maximum absolute atomic E-state index is 8.97. The molecule has 3 rings (SSSR count). The van der Waals surface area contributed by atoms with Crippen molar-refractivity contribution in [1.29, 1.82) is 5.26 Å². The second-order valence-corrected chi connectivity index (χ2v) is 5.32. The molecule has 3 aromatic carbocycles. The van der Waals surface area contributed by atoms with Gasteiger partial charge in [-0.05, 0) is 54.1 Å². The first-order valence-corrected chi connectivity index (χ1v) is 7.43. The molecular formula is C20H17N3. The zero-order valence-electron chi connectivity index (χ0n) is 12.7. The van der Waals surface area contributed by atoms with Gasteiger partial charge < -0.3 is 10.6 Å². The topological polar surface area (TPSA) is 53.0 Å². The van der Waals surface area contributed by atoms with Crippen molar-refractivity contribution in [3.05, 3.63) is 90.0 Å². The number of benzene rings is 3. The zero-order valence-corrected chi connectivity index (χ0v) is 12.7. The lowest BCUT2D eigenvalue weighted by atomic mass is 10.1. The van der Waals surface area contributed by atoms with Crippen LogP contribution >= 0.6 is 0 Å². The Hall–Kier alpha value is -3.25. The number of hydrogen-bond donors (Lipinski definition) is 1. The van der Waals surface area contributed by atoms with Gasteiger partial charge in [0.1, 0.15) is 0 Å². The number of para-hydroxylation sites is 1. The summed E-state index contributed by atoms with van der Waals surface area (Å²) in [5.74, 6) is 0. The van der Waals surface area contributed by atoms with Gasteiger partial charge in [0, 0.05) is 23.6 Å². The Kier molecular flexibility index (Phi) is 4.26. The van der Waals surface area contributed by atoms with Crippen molar-refractivity contribution in [3.8, 4) is 6.07 Å². The molecule has 112 valence electrons. The Morgan fingerprint density at radius 1 is 0.783 bits per heavy atom. The molecule has 3 heteroatoms. The second kappa shape index (κ2) is 6.67. The van der Waals surface area contributed by atoms with Crippen LogP contribution in [0.1, 0.15) is 11.1 Å². The van der Waals surface area contributed by atoms with Crippen LogP contribution in [0, 0.1) is 11.3 Å². The molecule has 0 radical (unpaired) electrons. The van der Waals surface area contributed by atoms with Crippen LogP contribution < -0.4 is 10.6 Å². The van der Waals surface area contributed by atoms with E-state index in [2.05, 4.69) is 23.1 Å². The van der Waals surface area contributed by atoms with E-state index in [1.165, 1.54) is 5.56 Å². The molecule has 3 nitrogen and oxygen atoms in total. The van der Waals surface area contributed by atoms with E-state index in [0.29, 0.717) is 5.56 Å². The Morgan fingerprint density at radius 3 is 2.00 bits per heavy atom. The molecule has 3 aromatic rings. The molecule has 0 spiro atoms. The summed E-state index contributed by atoms with van der Waals surface area (Å²) in [7, 11) is 0. The summed E-state index contributed by atoms with van der Waals surface area (Å²) < 4.78 is 0. The lowest BCUT2D eigenvalue weighted by molar-refractivity contribution is 0.975. The summed E-state index contributed by atoms with van der Waals surface area (Å²) in [6, 6.07) is 27.9. The van der Waals surface area contributed by atoms with Gasteiger partial charge in [-0.25, -0.2) is 0 Å². The van der Waals surface area contributed by atoms with Crippen molar-refractivity contribution < 1.29 is 0 Å². The zero-order chi connectivity index (χ0) is 16.1. The molecule has 0 atom stereocenters. The molecule has 0 amide bonds. The fourth-order valence-corrected chi connectivity index (χ4v) is 2.46. The molecule has 0 aromatic heterocycles. The maximum atomic E-state index is 8.97. The molecule has 0 saturated carbocycles. The predicted octanol–water partition coefficient (Wildman–Crippen LogP) is 4.48. The Morgan fingerprint density at radius 2 is 1.39 bits per heavy atom. The van der Waals surface area contributed by atoms with Gasteiger partial charge in [-0.15, -0.1) is 0 Å². The molecule has 2 N–H and O–H groups in total. The first-order chi connectivity index (χ1) is 11.3. The van der Waals surface area contributed by atoms with E-state index < -0.39 is 0 Å². The van der Waals surface area contributed by atoms with Crippen molar-refractivity contribution in [1.82, 2.24) is 0 Å². The number of nitriles is 1. The first-order valence-electron chi connectivity index (χ1n) is 7.43. The van der Waals surface area contributed by atoms with Crippen molar-refractivity contribution in [2.75, 3.05) is 10.6 Å². The Bertz CT molecular complexity index is 800. The lowest BCUT2D eigenvalue weighted by Crippen LogP contribution is -2.16. The highest BCUT2D eigenvalue weighted by Crippen LogP contribution is 2.27. The Labute approximate surface area is 136 Å². The van der Waals surface area contributed by atoms with Gasteiger partial charge in [0.2, 0.25) is 0 Å². The molecule has 23 heavy (non-hydrogen) atoms. The van der Waals surface area contributed by atoms with Gasteiger partial charge in [-0.2, -0.15) is 5.26 Å². The van der Waals surface area contributed by atoms with Crippen LogP contribution in [-0.2, 0) is 6.54 Å². The minimum absolute atomic E-state index is 0.661. The normalized spacial score (nSPS) is 10.0. The SMILES string of the molecule is N#Cc1ccc(N(Cc2ccc(N)cc2)c2ccccc2)cc1. The van der Waals surface area contributed by atoms with Crippen molar-refractivity contribution in [2.24, 2.45) is 0 Å². The third-order valence-electron chi connectivity index (χ3n) is 3.70. The summed E-state index contributed by atoms with van der Waals surface area (Å²) in [6.07, 6.45) is 0. The van der Waals surface area contributed by atoms with Gasteiger partial charge >= 0.3 is 0 Å². The van der Waals surface area contributed by atoms with Gasteiger partial charge in [0.15, 0.2) is 0 Å². The smallest absolute Gasteiger partial charge is 0.0991 e. The highest BCUT2D eigenvalue weighted by Gasteiger charge is 2.10. The number of nitrogen functional groups attached to an aromatic ring is 1. The summed E-state index contributed by atoms with van der Waals surface area (Å²) in [4.78, 5) is 2.21. The third kappa shape index (κ3) is 3.50. The highest BCUT2D eigenvalue weighted by molar-refractivity contribution is 5.64. The van der Waals surface area contributed by atoms with Crippen LogP contribution in [-0.4, -0.2) is 0 Å². The summed E-state index contributed by atoms with van der Waals surface area (Å²) in [6.45, 7) is 0.732. The van der Waals surface area contributed by atoms with Gasteiger partial charge in [0.05, 0.1) is 11.6 Å². The van der Waals surface area contributed by atoms with E-state index in [4.69, 9.17) is 11.0 Å². The van der Waals surface area contributed by atoms with Crippen LogP contribution in [0.3, 0.4) is 0 Å². The van der Waals surface area contributed by atoms with Crippen LogP contribution in [0.4, 0.5) is 17.1 Å². The first kappa shape index (κ1) is 14.7. The average molecular weight is 299 g/mol. The minimum atomic E-state index is 0.661. The monoisotopic (exact) mass is 299 g/mol. The highest BCUT2D eigenvalue weighted by atomic mass is 15.1. The molecular weight excluding hydrogens is 282 g/mol. The fraction of sp³-hybridized carbons (Fsp3) is 0.0500. The standard InChI is InChI=1S/C20H17N3/c21-14-16-8-12-20(13-9-16)23(19-4-2-1-3-5-19)15-17-6-10-18(22)11-7-17/h1-13H,15,22H2. The van der Waals surface area contributed by atoms with E-state index >= 15 is 0 Å². The van der Waals surface area contributed by atoms with Crippen LogP contribution in [0.5, 0.6) is 0 Å². The Balaban J connectivity index is 1.96. The van der Waals surface area contributed by atoms with Gasteiger partial charge in [-0.1, -0.05) is 30.3 Å². The van der Waals surface area contributed by atoms with E-state index in [0.717, 1.165) is 23.6 Å². The molecule has 0 heterocycles. The van der Waals surface area contributed by atoms with Gasteiger partial charge in [0.25, 0.3) is 0 Å².